The van der Waals surface area contributed by atoms with Gasteiger partial charge in [0.25, 0.3) is 0 Å². The molecule has 0 unspecified atom stereocenters. The van der Waals surface area contributed by atoms with E-state index in [1.54, 1.807) is 13.0 Å². The molecule has 1 aromatic heterocycles. The van der Waals surface area contributed by atoms with Crippen molar-refractivity contribution in [2.45, 2.75) is 20.8 Å². The van der Waals surface area contributed by atoms with Crippen LogP contribution in [0, 0.1) is 17.4 Å². The molecule has 0 amide bonds. The maximum atomic E-state index is 12.0. The van der Waals surface area contributed by atoms with Crippen molar-refractivity contribution in [2.24, 2.45) is 4.99 Å². The highest BCUT2D eigenvalue weighted by Gasteiger charge is 2.12. The molecule has 2 aromatic carbocycles. The van der Waals surface area contributed by atoms with Gasteiger partial charge in [0.1, 0.15) is 0 Å². The minimum atomic E-state index is -0.303. The van der Waals surface area contributed by atoms with Gasteiger partial charge < -0.3 is 9.30 Å². The monoisotopic (exact) mass is 472 g/mol. The van der Waals surface area contributed by atoms with Crippen molar-refractivity contribution >= 4 is 40.5 Å². The van der Waals surface area contributed by atoms with Crippen molar-refractivity contribution in [3.05, 3.63) is 80.7 Å². The SMILES string of the molecule is CCOC(=O)c1cccc(-n2c(C)cc(C=Nc3ccc(I)cc3)c2C)c1. The minimum Gasteiger partial charge on any atom is -0.462 e. The first-order valence-electron chi connectivity index (χ1n) is 8.75. The Hall–Kier alpha value is -2.41. The van der Waals surface area contributed by atoms with Gasteiger partial charge in [0, 0.05) is 32.4 Å². The molecule has 0 aliphatic heterocycles. The topological polar surface area (TPSA) is 43.6 Å². The highest BCUT2D eigenvalue weighted by molar-refractivity contribution is 14.1. The summed E-state index contributed by atoms with van der Waals surface area (Å²) in [4.78, 5) is 16.6. The molecular formula is C22H21IN2O2. The van der Waals surface area contributed by atoms with E-state index in [4.69, 9.17) is 4.74 Å². The van der Waals surface area contributed by atoms with E-state index < -0.39 is 0 Å². The normalized spacial score (nSPS) is 11.1. The number of aryl methyl sites for hydroxylation is 1. The van der Waals surface area contributed by atoms with Crippen molar-refractivity contribution in [3.8, 4) is 5.69 Å². The van der Waals surface area contributed by atoms with Gasteiger partial charge in [-0.3, -0.25) is 4.99 Å². The lowest BCUT2D eigenvalue weighted by atomic mass is 10.2. The van der Waals surface area contributed by atoms with E-state index >= 15 is 0 Å². The molecule has 0 aliphatic carbocycles. The average molecular weight is 472 g/mol. The zero-order chi connectivity index (χ0) is 19.4. The Morgan fingerprint density at radius 2 is 1.89 bits per heavy atom. The van der Waals surface area contributed by atoms with Crippen LogP contribution in [0.2, 0.25) is 0 Å². The Morgan fingerprint density at radius 1 is 1.15 bits per heavy atom. The second-order valence-electron chi connectivity index (χ2n) is 6.17. The Morgan fingerprint density at radius 3 is 2.59 bits per heavy atom. The number of esters is 1. The van der Waals surface area contributed by atoms with E-state index in [0.29, 0.717) is 12.2 Å². The van der Waals surface area contributed by atoms with Crippen molar-refractivity contribution in [3.63, 3.8) is 0 Å². The first-order valence-corrected chi connectivity index (χ1v) is 9.83. The van der Waals surface area contributed by atoms with Crippen molar-refractivity contribution < 1.29 is 9.53 Å². The van der Waals surface area contributed by atoms with E-state index in [9.17, 15) is 4.79 Å². The Kier molecular flexibility index (Phi) is 6.11. The summed E-state index contributed by atoms with van der Waals surface area (Å²) < 4.78 is 8.42. The molecule has 5 heteroatoms. The second kappa shape index (κ2) is 8.52. The van der Waals surface area contributed by atoms with Crippen LogP contribution in [-0.4, -0.2) is 23.4 Å². The third-order valence-electron chi connectivity index (χ3n) is 4.27. The molecular weight excluding hydrogens is 451 g/mol. The van der Waals surface area contributed by atoms with Crippen LogP contribution < -0.4 is 0 Å². The molecule has 3 aromatic rings. The Balaban J connectivity index is 1.93. The van der Waals surface area contributed by atoms with Crippen LogP contribution >= 0.6 is 22.6 Å². The zero-order valence-corrected chi connectivity index (χ0v) is 17.7. The Bertz CT molecular complexity index is 988. The predicted octanol–water partition coefficient (Wildman–Crippen LogP) is 5.63. The molecule has 0 atom stereocenters. The summed E-state index contributed by atoms with van der Waals surface area (Å²) in [7, 11) is 0. The fourth-order valence-corrected chi connectivity index (χ4v) is 3.33. The summed E-state index contributed by atoms with van der Waals surface area (Å²) in [5.41, 5.74) is 5.61. The largest absolute Gasteiger partial charge is 0.462 e. The van der Waals surface area contributed by atoms with Gasteiger partial charge in [0.15, 0.2) is 0 Å². The van der Waals surface area contributed by atoms with Gasteiger partial charge in [0.2, 0.25) is 0 Å². The fourth-order valence-electron chi connectivity index (χ4n) is 2.97. The number of hydrogen-bond donors (Lipinski definition) is 0. The number of ether oxygens (including phenoxy) is 1. The van der Waals surface area contributed by atoms with Crippen molar-refractivity contribution in [2.75, 3.05) is 6.61 Å². The zero-order valence-electron chi connectivity index (χ0n) is 15.6. The number of nitrogens with zero attached hydrogens (tertiary/aromatic N) is 2. The maximum Gasteiger partial charge on any atom is 0.338 e. The standard InChI is InChI=1S/C22H21IN2O2/c1-4-27-22(26)17-6-5-7-21(13-17)25-15(2)12-18(16(25)3)14-24-20-10-8-19(23)9-11-20/h5-14H,4H2,1-3H3. The summed E-state index contributed by atoms with van der Waals surface area (Å²) in [5, 5.41) is 0. The highest BCUT2D eigenvalue weighted by Crippen LogP contribution is 2.22. The lowest BCUT2D eigenvalue weighted by Gasteiger charge is -2.11. The minimum absolute atomic E-state index is 0.303. The number of hydrogen-bond acceptors (Lipinski definition) is 3. The van der Waals surface area contributed by atoms with Gasteiger partial charge in [0.05, 0.1) is 17.9 Å². The van der Waals surface area contributed by atoms with Gasteiger partial charge in [-0.2, -0.15) is 0 Å². The van der Waals surface area contributed by atoms with Crippen LogP contribution in [0.1, 0.15) is 34.2 Å². The molecule has 0 saturated heterocycles. The molecule has 0 fully saturated rings. The van der Waals surface area contributed by atoms with Crippen LogP contribution in [0.5, 0.6) is 0 Å². The van der Waals surface area contributed by atoms with Gasteiger partial charge >= 0.3 is 5.97 Å². The van der Waals surface area contributed by atoms with E-state index in [0.717, 1.165) is 28.3 Å². The third-order valence-corrected chi connectivity index (χ3v) is 4.98. The number of carbonyl (C=O) groups excluding carboxylic acids is 1. The van der Waals surface area contributed by atoms with Crippen LogP contribution in [0.15, 0.2) is 59.6 Å². The number of benzene rings is 2. The quantitative estimate of drug-likeness (QED) is 0.275. The van der Waals surface area contributed by atoms with Gasteiger partial charge in [-0.1, -0.05) is 6.07 Å². The summed E-state index contributed by atoms with van der Waals surface area (Å²) in [6, 6.07) is 17.7. The average Bonchev–Trinajstić information content (AvgIpc) is 2.95. The van der Waals surface area contributed by atoms with Crippen LogP contribution in [0.3, 0.4) is 0 Å². The maximum absolute atomic E-state index is 12.0. The summed E-state index contributed by atoms with van der Waals surface area (Å²) >= 11 is 2.28. The Labute approximate surface area is 173 Å². The molecule has 0 N–H and O–H groups in total. The molecule has 0 bridgehead atoms. The highest BCUT2D eigenvalue weighted by atomic mass is 127. The summed E-state index contributed by atoms with van der Waals surface area (Å²) in [6.45, 7) is 6.27. The van der Waals surface area contributed by atoms with Crippen molar-refractivity contribution in [1.82, 2.24) is 4.57 Å². The van der Waals surface area contributed by atoms with E-state index in [2.05, 4.69) is 45.1 Å². The molecule has 0 spiro atoms. The molecule has 0 aliphatic rings. The van der Waals surface area contributed by atoms with Crippen LogP contribution in [0.4, 0.5) is 5.69 Å². The van der Waals surface area contributed by atoms with Crippen LogP contribution in [0.25, 0.3) is 5.69 Å². The molecule has 27 heavy (non-hydrogen) atoms. The number of aliphatic imine (C=N–C) groups is 1. The first kappa shape index (κ1) is 19.4. The van der Waals surface area contributed by atoms with Crippen molar-refractivity contribution in [1.29, 1.82) is 0 Å². The molecule has 0 radical (unpaired) electrons. The molecule has 1 heterocycles. The smallest absolute Gasteiger partial charge is 0.338 e. The summed E-state index contributed by atoms with van der Waals surface area (Å²) in [5.74, 6) is -0.303. The number of aromatic nitrogens is 1. The lowest BCUT2D eigenvalue weighted by Crippen LogP contribution is -2.06. The molecule has 0 saturated carbocycles. The molecule has 138 valence electrons. The molecule has 3 rings (SSSR count). The van der Waals surface area contributed by atoms with E-state index in [1.807, 2.05) is 55.6 Å². The van der Waals surface area contributed by atoms with E-state index in [1.165, 1.54) is 3.57 Å². The van der Waals surface area contributed by atoms with Gasteiger partial charge in [-0.15, -0.1) is 0 Å². The fraction of sp³-hybridized carbons (Fsp3) is 0.182. The first-order chi connectivity index (χ1) is 13.0. The van der Waals surface area contributed by atoms with Gasteiger partial charge in [-0.05, 0) is 91.9 Å². The van der Waals surface area contributed by atoms with Gasteiger partial charge in [-0.25, -0.2) is 4.79 Å². The summed E-state index contributed by atoms with van der Waals surface area (Å²) in [6.07, 6.45) is 1.89. The predicted molar refractivity (Wildman–Crippen MR) is 118 cm³/mol. The lowest BCUT2D eigenvalue weighted by molar-refractivity contribution is 0.0526. The molecule has 4 nitrogen and oxygen atoms in total. The van der Waals surface area contributed by atoms with E-state index in [-0.39, 0.29) is 5.97 Å². The second-order valence-corrected chi connectivity index (χ2v) is 7.41. The number of rotatable bonds is 5. The third kappa shape index (κ3) is 4.47. The van der Waals surface area contributed by atoms with Crippen LogP contribution in [-0.2, 0) is 4.74 Å². The number of carbonyl (C=O) groups is 1. The number of halogens is 1.